The van der Waals surface area contributed by atoms with Crippen LogP contribution in [-0.4, -0.2) is 44.5 Å². The van der Waals surface area contributed by atoms with Crippen LogP contribution in [-0.2, 0) is 14.8 Å². The Hall–Kier alpha value is -1.83. The highest BCUT2D eigenvalue weighted by Crippen LogP contribution is 2.17. The fourth-order valence-corrected chi connectivity index (χ4v) is 4.44. The molecule has 1 amide bonds. The van der Waals surface area contributed by atoms with Crippen molar-refractivity contribution in [3.05, 3.63) is 60.2 Å². The van der Waals surface area contributed by atoms with E-state index in [2.05, 4.69) is 36.5 Å². The second kappa shape index (κ2) is 10.5. The van der Waals surface area contributed by atoms with Crippen LogP contribution in [0.2, 0.25) is 0 Å². The first-order valence-electron chi connectivity index (χ1n) is 8.87. The van der Waals surface area contributed by atoms with Crippen molar-refractivity contribution in [2.75, 3.05) is 25.9 Å². The summed E-state index contributed by atoms with van der Waals surface area (Å²) >= 11 is 1.70. The standard InChI is InChI=1S/C20H26N2O3S2/c1-17-10-12-18(13-11-17)26-16-14-21-20(23)9-6-15-22(2)27(24,25)19-7-4-3-5-8-19/h3-5,7-8,10-13H,6,9,14-16H2,1-2H3,(H,21,23). The minimum Gasteiger partial charge on any atom is -0.355 e. The van der Waals surface area contributed by atoms with Gasteiger partial charge in [0.05, 0.1) is 4.90 Å². The van der Waals surface area contributed by atoms with Crippen LogP contribution in [0.15, 0.2) is 64.4 Å². The lowest BCUT2D eigenvalue weighted by Gasteiger charge is -2.17. The number of sulfonamides is 1. The molecule has 0 aliphatic heterocycles. The van der Waals surface area contributed by atoms with Gasteiger partial charge in [0.1, 0.15) is 0 Å². The van der Waals surface area contributed by atoms with E-state index in [1.807, 2.05) is 0 Å². The summed E-state index contributed by atoms with van der Waals surface area (Å²) < 4.78 is 26.1. The van der Waals surface area contributed by atoms with Crippen LogP contribution in [0.25, 0.3) is 0 Å². The molecule has 0 saturated carbocycles. The molecule has 2 rings (SSSR count). The zero-order chi connectivity index (χ0) is 19.7. The average molecular weight is 407 g/mol. The van der Waals surface area contributed by atoms with Crippen LogP contribution in [0.3, 0.4) is 0 Å². The van der Waals surface area contributed by atoms with Crippen molar-refractivity contribution in [1.82, 2.24) is 9.62 Å². The van der Waals surface area contributed by atoms with Crippen molar-refractivity contribution in [2.45, 2.75) is 29.6 Å². The Kier molecular flexibility index (Phi) is 8.34. The Labute approximate surface area is 166 Å². The third-order valence-corrected chi connectivity index (χ3v) is 6.93. The summed E-state index contributed by atoms with van der Waals surface area (Å²) in [5.41, 5.74) is 1.23. The minimum absolute atomic E-state index is 0.0509. The molecule has 2 aromatic carbocycles. The van der Waals surface area contributed by atoms with Crippen LogP contribution < -0.4 is 5.32 Å². The monoisotopic (exact) mass is 406 g/mol. The summed E-state index contributed by atoms with van der Waals surface area (Å²) in [5.74, 6) is 0.752. The van der Waals surface area contributed by atoms with Crippen LogP contribution in [0.4, 0.5) is 0 Å². The highest BCUT2D eigenvalue weighted by Gasteiger charge is 2.19. The second-order valence-corrected chi connectivity index (χ2v) is 9.47. The largest absolute Gasteiger partial charge is 0.355 e. The summed E-state index contributed by atoms with van der Waals surface area (Å²) in [5, 5.41) is 2.88. The molecule has 1 N–H and O–H groups in total. The lowest BCUT2D eigenvalue weighted by Crippen LogP contribution is -2.30. The Balaban J connectivity index is 1.64. The van der Waals surface area contributed by atoms with E-state index in [1.165, 1.54) is 14.8 Å². The Morgan fingerprint density at radius 1 is 1.07 bits per heavy atom. The number of carbonyl (C=O) groups excluding carboxylic acids is 1. The first-order chi connectivity index (χ1) is 12.9. The van der Waals surface area contributed by atoms with Crippen LogP contribution in [0.1, 0.15) is 18.4 Å². The highest BCUT2D eigenvalue weighted by molar-refractivity contribution is 7.99. The van der Waals surface area contributed by atoms with Crippen molar-refractivity contribution in [2.24, 2.45) is 0 Å². The summed E-state index contributed by atoms with van der Waals surface area (Å²) in [6, 6.07) is 16.6. The fourth-order valence-electron chi connectivity index (χ4n) is 2.44. The van der Waals surface area contributed by atoms with Gasteiger partial charge in [-0.1, -0.05) is 35.9 Å². The number of nitrogens with zero attached hydrogens (tertiary/aromatic N) is 1. The average Bonchev–Trinajstić information content (AvgIpc) is 2.67. The molecule has 146 valence electrons. The number of hydrogen-bond donors (Lipinski definition) is 1. The van der Waals surface area contributed by atoms with Crippen molar-refractivity contribution in [3.8, 4) is 0 Å². The van der Waals surface area contributed by atoms with Gasteiger partial charge in [0.2, 0.25) is 15.9 Å². The van der Waals surface area contributed by atoms with Gasteiger partial charge in [-0.05, 0) is 37.6 Å². The Bertz CT molecular complexity index is 822. The molecule has 2 aromatic rings. The third kappa shape index (κ3) is 7.01. The lowest BCUT2D eigenvalue weighted by molar-refractivity contribution is -0.121. The number of thioether (sulfide) groups is 1. The molecule has 0 aliphatic carbocycles. The van der Waals surface area contributed by atoms with E-state index in [1.54, 1.807) is 49.1 Å². The summed E-state index contributed by atoms with van der Waals surface area (Å²) in [6.45, 7) is 2.95. The van der Waals surface area contributed by atoms with E-state index in [-0.39, 0.29) is 10.8 Å². The maximum Gasteiger partial charge on any atom is 0.242 e. The van der Waals surface area contributed by atoms with Crippen molar-refractivity contribution in [1.29, 1.82) is 0 Å². The fraction of sp³-hybridized carbons (Fsp3) is 0.350. The normalized spacial score (nSPS) is 11.5. The van der Waals surface area contributed by atoms with Gasteiger partial charge in [-0.15, -0.1) is 11.8 Å². The van der Waals surface area contributed by atoms with Gasteiger partial charge < -0.3 is 5.32 Å². The summed E-state index contributed by atoms with van der Waals surface area (Å²) in [7, 11) is -1.95. The Morgan fingerprint density at radius 3 is 2.41 bits per heavy atom. The molecule has 0 fully saturated rings. The molecule has 7 heteroatoms. The number of carbonyl (C=O) groups is 1. The molecule has 27 heavy (non-hydrogen) atoms. The van der Waals surface area contributed by atoms with Gasteiger partial charge >= 0.3 is 0 Å². The van der Waals surface area contributed by atoms with E-state index in [4.69, 9.17) is 0 Å². The van der Waals surface area contributed by atoms with Crippen molar-refractivity contribution < 1.29 is 13.2 Å². The van der Waals surface area contributed by atoms with Crippen molar-refractivity contribution >= 4 is 27.7 Å². The molecule has 0 unspecified atom stereocenters. The van der Waals surface area contributed by atoms with Gasteiger partial charge in [-0.3, -0.25) is 4.79 Å². The Morgan fingerprint density at radius 2 is 1.74 bits per heavy atom. The van der Waals surface area contributed by atoms with E-state index in [9.17, 15) is 13.2 Å². The van der Waals surface area contributed by atoms with Gasteiger partial charge in [-0.25, -0.2) is 12.7 Å². The maximum absolute atomic E-state index is 12.4. The number of nitrogens with one attached hydrogen (secondary N) is 1. The van der Waals surface area contributed by atoms with Gasteiger partial charge in [0.25, 0.3) is 0 Å². The molecule has 0 spiro atoms. The number of rotatable bonds is 10. The number of benzene rings is 2. The van der Waals surface area contributed by atoms with Crippen molar-refractivity contribution in [3.63, 3.8) is 0 Å². The third-order valence-electron chi connectivity index (χ3n) is 4.04. The molecule has 0 saturated heterocycles. The molecule has 5 nitrogen and oxygen atoms in total. The molecular weight excluding hydrogens is 380 g/mol. The smallest absolute Gasteiger partial charge is 0.242 e. The first kappa shape index (κ1) is 21.5. The van der Waals surface area contributed by atoms with Gasteiger partial charge in [0.15, 0.2) is 0 Å². The minimum atomic E-state index is -3.49. The molecule has 0 heterocycles. The predicted molar refractivity (Wildman–Crippen MR) is 110 cm³/mol. The molecule has 0 atom stereocenters. The number of hydrogen-bond acceptors (Lipinski definition) is 4. The van der Waals surface area contributed by atoms with Crippen LogP contribution in [0.5, 0.6) is 0 Å². The molecule has 0 radical (unpaired) electrons. The SMILES string of the molecule is Cc1ccc(SCCNC(=O)CCCN(C)S(=O)(=O)c2ccccc2)cc1. The molecular formula is C20H26N2O3S2. The van der Waals surface area contributed by atoms with Crippen LogP contribution in [0, 0.1) is 6.92 Å². The summed E-state index contributed by atoms with van der Waals surface area (Å²) in [4.78, 5) is 13.4. The van der Waals surface area contributed by atoms with E-state index in [0.717, 1.165) is 5.75 Å². The molecule has 0 aliphatic rings. The number of amides is 1. The zero-order valence-corrected chi connectivity index (χ0v) is 17.4. The zero-order valence-electron chi connectivity index (χ0n) is 15.7. The van der Waals surface area contributed by atoms with E-state index in [0.29, 0.717) is 25.9 Å². The van der Waals surface area contributed by atoms with Gasteiger partial charge in [0, 0.05) is 37.2 Å². The molecule has 0 aromatic heterocycles. The number of aryl methyl sites for hydroxylation is 1. The lowest BCUT2D eigenvalue weighted by atomic mass is 10.2. The second-order valence-electron chi connectivity index (χ2n) is 6.25. The highest BCUT2D eigenvalue weighted by atomic mass is 32.2. The van der Waals surface area contributed by atoms with Crippen LogP contribution >= 0.6 is 11.8 Å². The van der Waals surface area contributed by atoms with Gasteiger partial charge in [-0.2, -0.15) is 0 Å². The van der Waals surface area contributed by atoms with E-state index < -0.39 is 10.0 Å². The maximum atomic E-state index is 12.4. The van der Waals surface area contributed by atoms with E-state index >= 15 is 0 Å². The molecule has 0 bridgehead atoms. The topological polar surface area (TPSA) is 66.5 Å². The summed E-state index contributed by atoms with van der Waals surface area (Å²) in [6.07, 6.45) is 0.795. The predicted octanol–water partition coefficient (Wildman–Crippen LogP) is 3.30. The first-order valence-corrected chi connectivity index (χ1v) is 11.3. The quantitative estimate of drug-likeness (QED) is 0.486.